The summed E-state index contributed by atoms with van der Waals surface area (Å²) in [6, 6.07) is 0. The van der Waals surface area contributed by atoms with Crippen molar-refractivity contribution in [3.8, 4) is 0 Å². The number of hydrogen-bond acceptors (Lipinski definition) is 2. The van der Waals surface area contributed by atoms with Crippen molar-refractivity contribution in [3.05, 3.63) is 0 Å². The molecular weight excluding hydrogens is 84.2 g/mol. The third-order valence-electron chi connectivity index (χ3n) is 0.500. The van der Waals surface area contributed by atoms with Crippen LogP contribution >= 0.6 is 0 Å². The SMILES string of the molecule is N1[SiH2]N[SiH2]1. The topological polar surface area (TPSA) is 24.1 Å². The van der Waals surface area contributed by atoms with Gasteiger partial charge in [0.2, 0.25) is 0 Å². The van der Waals surface area contributed by atoms with E-state index in [1.807, 2.05) is 0 Å². The lowest BCUT2D eigenvalue weighted by atomic mass is 13.7. The molecule has 0 saturated carbocycles. The van der Waals surface area contributed by atoms with E-state index in [1.165, 1.54) is 0 Å². The van der Waals surface area contributed by atoms with Gasteiger partial charge in [-0.2, -0.15) is 0 Å². The van der Waals surface area contributed by atoms with Crippen LogP contribution in [0.5, 0.6) is 0 Å². The second-order valence-electron chi connectivity index (χ2n) is 0.854. The molecule has 4 heavy (non-hydrogen) atoms. The Labute approximate surface area is 29.9 Å². The second kappa shape index (κ2) is 0.980. The summed E-state index contributed by atoms with van der Waals surface area (Å²) < 4.78 is 6.56. The average molecular weight is 90.2 g/mol. The van der Waals surface area contributed by atoms with Crippen LogP contribution in [0.4, 0.5) is 0 Å². The second-order valence-corrected chi connectivity index (χ2v) is 5.56. The van der Waals surface area contributed by atoms with Gasteiger partial charge >= 0.3 is 0 Å². The molecular formula is H6N2Si2. The van der Waals surface area contributed by atoms with Crippen LogP contribution in [-0.4, -0.2) is 19.7 Å². The molecule has 4 heteroatoms. The molecule has 0 unspecified atom stereocenters. The van der Waals surface area contributed by atoms with E-state index in [2.05, 4.69) is 9.30 Å². The van der Waals surface area contributed by atoms with Crippen molar-refractivity contribution >= 4 is 19.7 Å². The fourth-order valence-corrected chi connectivity index (χ4v) is 1.12. The van der Waals surface area contributed by atoms with E-state index >= 15 is 0 Å². The van der Waals surface area contributed by atoms with E-state index in [-0.39, 0.29) is 19.7 Å². The van der Waals surface area contributed by atoms with Crippen molar-refractivity contribution in [2.75, 3.05) is 0 Å². The van der Waals surface area contributed by atoms with Crippen LogP contribution in [0.25, 0.3) is 0 Å². The first kappa shape index (κ1) is 2.58. The standard InChI is InChI=1S/H6N2Si2/c1-3-2-4-1/h1-2H,3-4H2. The van der Waals surface area contributed by atoms with E-state index < -0.39 is 0 Å². The van der Waals surface area contributed by atoms with Gasteiger partial charge in [-0.15, -0.1) is 0 Å². The number of hydrogen-bond donors (Lipinski definition) is 2. The van der Waals surface area contributed by atoms with Crippen molar-refractivity contribution in [2.45, 2.75) is 0 Å². The normalized spacial score (nSPS) is 36.0. The predicted octanol–water partition coefficient (Wildman–Crippen LogP) is -2.82. The average Bonchev–Trinajstić information content (AvgIpc) is 0.722. The summed E-state index contributed by atoms with van der Waals surface area (Å²) in [6.07, 6.45) is 0. The molecule has 1 saturated heterocycles. The van der Waals surface area contributed by atoms with Gasteiger partial charge in [-0.05, 0) is 0 Å². The van der Waals surface area contributed by atoms with E-state index in [1.54, 1.807) is 0 Å². The summed E-state index contributed by atoms with van der Waals surface area (Å²) in [4.78, 5) is 0. The van der Waals surface area contributed by atoms with E-state index in [0.717, 1.165) is 0 Å². The smallest absolute Gasteiger partial charge is 0.155 e. The van der Waals surface area contributed by atoms with Crippen molar-refractivity contribution in [1.82, 2.24) is 9.30 Å². The maximum absolute atomic E-state index is 3.28. The first-order valence-corrected chi connectivity index (χ1v) is 4.24. The predicted molar refractivity (Wildman–Crippen MR) is 23.4 cm³/mol. The Hall–Kier alpha value is 0.354. The number of rotatable bonds is 0. The van der Waals surface area contributed by atoms with Gasteiger partial charge in [0.25, 0.3) is 0 Å². The Morgan fingerprint density at radius 3 is 1.25 bits per heavy atom. The zero-order valence-corrected chi connectivity index (χ0v) is 5.24. The fraction of sp³-hybridized carbons (Fsp3) is 0. The minimum absolute atomic E-state index is 0.167. The maximum atomic E-state index is 3.28. The van der Waals surface area contributed by atoms with E-state index in [4.69, 9.17) is 0 Å². The molecule has 1 fully saturated rings. The van der Waals surface area contributed by atoms with Gasteiger partial charge in [-0.3, -0.25) is 0 Å². The zero-order valence-electron chi connectivity index (χ0n) is 2.41. The lowest BCUT2D eigenvalue weighted by Gasteiger charge is -2.11. The van der Waals surface area contributed by atoms with Gasteiger partial charge in [0.05, 0.1) is 0 Å². The highest BCUT2D eigenvalue weighted by molar-refractivity contribution is 6.65. The quantitative estimate of drug-likeness (QED) is 0.313. The van der Waals surface area contributed by atoms with Gasteiger partial charge in [-0.25, -0.2) is 0 Å². The van der Waals surface area contributed by atoms with Crippen molar-refractivity contribution < 1.29 is 0 Å². The fourth-order valence-electron chi connectivity index (χ4n) is 0.125. The monoisotopic (exact) mass is 90.0 g/mol. The molecule has 0 radical (unpaired) electrons. The Bertz CT molecular complexity index is 12.0. The van der Waals surface area contributed by atoms with Gasteiger partial charge in [-0.1, -0.05) is 0 Å². The van der Waals surface area contributed by atoms with Crippen molar-refractivity contribution in [3.63, 3.8) is 0 Å². The Kier molecular flexibility index (Phi) is 0.633. The summed E-state index contributed by atoms with van der Waals surface area (Å²) >= 11 is 0. The summed E-state index contributed by atoms with van der Waals surface area (Å²) in [5, 5.41) is 0. The minimum Gasteiger partial charge on any atom is -0.346 e. The van der Waals surface area contributed by atoms with Crippen molar-refractivity contribution in [1.29, 1.82) is 0 Å². The molecule has 0 aromatic carbocycles. The first-order chi connectivity index (χ1) is 2.00. The maximum Gasteiger partial charge on any atom is 0.155 e. The number of nitrogens with one attached hydrogen (secondary N) is 2. The summed E-state index contributed by atoms with van der Waals surface area (Å²) in [7, 11) is 0.333. The first-order valence-electron chi connectivity index (χ1n) is 1.41. The highest BCUT2D eigenvalue weighted by atomic mass is 28.4. The molecule has 2 nitrogen and oxygen atoms in total. The Balaban J connectivity index is 2.00. The van der Waals surface area contributed by atoms with E-state index in [9.17, 15) is 0 Å². The van der Waals surface area contributed by atoms with Crippen LogP contribution in [0.3, 0.4) is 0 Å². The lowest BCUT2D eigenvalue weighted by Crippen LogP contribution is -2.55. The Morgan fingerprint density at radius 1 is 1.00 bits per heavy atom. The Morgan fingerprint density at radius 2 is 1.25 bits per heavy atom. The minimum atomic E-state index is 0.167. The zero-order chi connectivity index (χ0) is 2.83. The van der Waals surface area contributed by atoms with Gasteiger partial charge in [0.15, 0.2) is 19.7 Å². The van der Waals surface area contributed by atoms with Crippen LogP contribution in [0.2, 0.25) is 0 Å². The van der Waals surface area contributed by atoms with Crippen LogP contribution in [0.1, 0.15) is 0 Å². The molecule has 1 aliphatic rings. The van der Waals surface area contributed by atoms with Gasteiger partial charge in [0.1, 0.15) is 0 Å². The molecule has 24 valence electrons. The molecule has 0 aromatic heterocycles. The molecule has 0 bridgehead atoms. The molecule has 1 aliphatic heterocycles. The molecule has 0 amide bonds. The third-order valence-corrected chi connectivity index (χ3v) is 4.50. The molecule has 0 aromatic rings. The van der Waals surface area contributed by atoms with Gasteiger partial charge < -0.3 is 9.30 Å². The summed E-state index contributed by atoms with van der Waals surface area (Å²) in [5.41, 5.74) is 0. The molecule has 2 N–H and O–H groups in total. The largest absolute Gasteiger partial charge is 0.346 e. The van der Waals surface area contributed by atoms with Crippen LogP contribution in [0, 0.1) is 0 Å². The summed E-state index contributed by atoms with van der Waals surface area (Å²) in [5.74, 6) is 0. The van der Waals surface area contributed by atoms with Gasteiger partial charge in [0, 0.05) is 0 Å². The highest BCUT2D eigenvalue weighted by Crippen LogP contribution is 1.46. The van der Waals surface area contributed by atoms with Crippen LogP contribution in [0.15, 0.2) is 0 Å². The molecule has 1 rings (SSSR count). The molecule has 0 atom stereocenters. The molecule has 1 heterocycles. The third kappa shape index (κ3) is 0.228. The van der Waals surface area contributed by atoms with Crippen LogP contribution < -0.4 is 9.30 Å². The van der Waals surface area contributed by atoms with Crippen molar-refractivity contribution in [2.24, 2.45) is 0 Å². The molecule has 0 spiro atoms. The summed E-state index contributed by atoms with van der Waals surface area (Å²) in [6.45, 7) is 0. The van der Waals surface area contributed by atoms with E-state index in [0.29, 0.717) is 0 Å². The van der Waals surface area contributed by atoms with Crippen LogP contribution in [-0.2, 0) is 0 Å². The highest BCUT2D eigenvalue weighted by Gasteiger charge is 1.92. The lowest BCUT2D eigenvalue weighted by molar-refractivity contribution is 1.28. The molecule has 0 aliphatic carbocycles.